The summed E-state index contributed by atoms with van der Waals surface area (Å²) in [5.74, 6) is 1.13. The van der Waals surface area contributed by atoms with Crippen LogP contribution in [0, 0.1) is 10.1 Å². The first kappa shape index (κ1) is 21.8. The second-order valence-corrected chi connectivity index (χ2v) is 8.76. The Balaban J connectivity index is 1.60. The van der Waals surface area contributed by atoms with Crippen molar-refractivity contribution in [3.8, 4) is 22.6 Å². The molecule has 0 saturated heterocycles. The van der Waals surface area contributed by atoms with Crippen molar-refractivity contribution >= 4 is 20.6 Å². The van der Waals surface area contributed by atoms with E-state index >= 15 is 0 Å². The number of ether oxygens (including phenoxy) is 1. The lowest BCUT2D eigenvalue weighted by molar-refractivity contribution is -0.384. The molecule has 0 amide bonds. The molecule has 0 N–H and O–H groups in total. The van der Waals surface area contributed by atoms with E-state index in [-0.39, 0.29) is 16.1 Å². The van der Waals surface area contributed by atoms with Crippen LogP contribution in [0.5, 0.6) is 11.5 Å². The van der Waals surface area contributed by atoms with Crippen molar-refractivity contribution in [2.75, 3.05) is 0 Å². The minimum absolute atomic E-state index is 0.0308. The van der Waals surface area contributed by atoms with E-state index in [4.69, 9.17) is 4.74 Å². The number of benzene rings is 3. The Kier molecular flexibility index (Phi) is 5.97. The van der Waals surface area contributed by atoms with Gasteiger partial charge in [-0.25, -0.2) is 8.42 Å². The van der Waals surface area contributed by atoms with E-state index in [1.807, 2.05) is 30.3 Å². The molecule has 33 heavy (non-hydrogen) atoms. The third kappa shape index (κ3) is 4.63. The summed E-state index contributed by atoms with van der Waals surface area (Å²) in [6, 6.07) is 21.2. The Morgan fingerprint density at radius 2 is 1.55 bits per heavy atom. The van der Waals surface area contributed by atoms with Crippen LogP contribution in [-0.2, 0) is 9.84 Å². The Morgan fingerprint density at radius 3 is 2.18 bits per heavy atom. The predicted octanol–water partition coefficient (Wildman–Crippen LogP) is 5.06. The first-order valence-electron chi connectivity index (χ1n) is 9.67. The van der Waals surface area contributed by atoms with Crippen LogP contribution in [0.4, 0.5) is 5.69 Å². The number of hydrogen-bond donors (Lipinski definition) is 0. The standard InChI is InChI=1S/C24H16N2O6S/c27-24(33(30,31)21-12-10-19(11-13-21)26(28)29)18-8-6-17(7-9-18)22-14-15-25-16-23(22)32-20-4-2-1-3-5-20/h1-16H. The summed E-state index contributed by atoms with van der Waals surface area (Å²) < 4.78 is 31.3. The van der Waals surface area contributed by atoms with Crippen LogP contribution in [0.25, 0.3) is 11.1 Å². The van der Waals surface area contributed by atoms with Gasteiger partial charge in [0.15, 0.2) is 5.75 Å². The molecule has 164 valence electrons. The fourth-order valence-electron chi connectivity index (χ4n) is 3.11. The van der Waals surface area contributed by atoms with Crippen LogP contribution in [-0.4, -0.2) is 23.4 Å². The normalized spacial score (nSPS) is 11.0. The summed E-state index contributed by atoms with van der Waals surface area (Å²) in [5.41, 5.74) is 1.12. The van der Waals surface area contributed by atoms with Gasteiger partial charge >= 0.3 is 0 Å². The van der Waals surface area contributed by atoms with Gasteiger partial charge in [0.05, 0.1) is 16.0 Å². The second kappa shape index (κ2) is 9.01. The Hall–Kier alpha value is -4.37. The van der Waals surface area contributed by atoms with Gasteiger partial charge in [-0.05, 0) is 48.0 Å². The van der Waals surface area contributed by atoms with E-state index in [0.717, 1.165) is 24.3 Å². The molecule has 0 aliphatic rings. The number of carbonyl (C=O) groups excluding carboxylic acids is 1. The van der Waals surface area contributed by atoms with Gasteiger partial charge in [0.1, 0.15) is 5.75 Å². The van der Waals surface area contributed by atoms with Crippen molar-refractivity contribution in [1.82, 2.24) is 4.98 Å². The van der Waals surface area contributed by atoms with Crippen molar-refractivity contribution < 1.29 is 22.9 Å². The number of para-hydroxylation sites is 1. The molecule has 0 atom stereocenters. The minimum Gasteiger partial charge on any atom is -0.455 e. The van der Waals surface area contributed by atoms with Gasteiger partial charge in [-0.2, -0.15) is 0 Å². The lowest BCUT2D eigenvalue weighted by Crippen LogP contribution is -2.15. The maximum atomic E-state index is 12.7. The third-order valence-corrected chi connectivity index (χ3v) is 6.41. The molecule has 4 aromatic rings. The van der Waals surface area contributed by atoms with Crippen LogP contribution < -0.4 is 4.74 Å². The van der Waals surface area contributed by atoms with Crippen LogP contribution in [0.2, 0.25) is 0 Å². The molecule has 0 unspecified atom stereocenters. The van der Waals surface area contributed by atoms with E-state index in [1.54, 1.807) is 30.6 Å². The zero-order chi connectivity index (χ0) is 23.4. The Morgan fingerprint density at radius 1 is 0.879 bits per heavy atom. The number of pyridine rings is 1. The molecular weight excluding hydrogens is 444 g/mol. The van der Waals surface area contributed by atoms with E-state index < -0.39 is 19.9 Å². The molecule has 9 heteroatoms. The van der Waals surface area contributed by atoms with Crippen molar-refractivity contribution in [1.29, 1.82) is 0 Å². The highest BCUT2D eigenvalue weighted by molar-refractivity contribution is 8.06. The summed E-state index contributed by atoms with van der Waals surface area (Å²) in [6.45, 7) is 0. The maximum Gasteiger partial charge on any atom is 0.281 e. The fourth-order valence-corrected chi connectivity index (χ4v) is 4.27. The molecule has 8 nitrogen and oxygen atoms in total. The van der Waals surface area contributed by atoms with E-state index in [9.17, 15) is 23.3 Å². The summed E-state index contributed by atoms with van der Waals surface area (Å²) in [6.07, 6.45) is 3.17. The van der Waals surface area contributed by atoms with Gasteiger partial charge in [0, 0.05) is 29.5 Å². The molecule has 0 fully saturated rings. The number of hydrogen-bond acceptors (Lipinski definition) is 7. The smallest absolute Gasteiger partial charge is 0.281 e. The van der Waals surface area contributed by atoms with Gasteiger partial charge in [-0.3, -0.25) is 19.9 Å². The van der Waals surface area contributed by atoms with E-state index in [0.29, 0.717) is 22.6 Å². The van der Waals surface area contributed by atoms with Crippen molar-refractivity contribution in [2.45, 2.75) is 4.90 Å². The van der Waals surface area contributed by atoms with Crippen LogP contribution in [0.15, 0.2) is 102 Å². The molecule has 0 bridgehead atoms. The minimum atomic E-state index is -4.36. The zero-order valence-corrected chi connectivity index (χ0v) is 17.8. The van der Waals surface area contributed by atoms with Crippen molar-refractivity contribution in [3.63, 3.8) is 0 Å². The number of nitro groups is 1. The maximum absolute atomic E-state index is 12.7. The number of nitro benzene ring substituents is 1. The van der Waals surface area contributed by atoms with Gasteiger partial charge in [0.2, 0.25) is 9.84 Å². The van der Waals surface area contributed by atoms with Crippen LogP contribution >= 0.6 is 0 Å². The molecule has 1 aromatic heterocycles. The van der Waals surface area contributed by atoms with Gasteiger partial charge < -0.3 is 4.74 Å². The average Bonchev–Trinajstić information content (AvgIpc) is 2.85. The Labute approximate surface area is 189 Å². The lowest BCUT2D eigenvalue weighted by Gasteiger charge is -2.11. The van der Waals surface area contributed by atoms with E-state index in [2.05, 4.69) is 4.98 Å². The number of aromatic nitrogens is 1. The molecule has 1 heterocycles. The third-order valence-electron chi connectivity index (χ3n) is 4.79. The van der Waals surface area contributed by atoms with Gasteiger partial charge in [-0.1, -0.05) is 30.3 Å². The highest BCUT2D eigenvalue weighted by Gasteiger charge is 2.27. The van der Waals surface area contributed by atoms with Crippen LogP contribution in [0.1, 0.15) is 10.4 Å². The fraction of sp³-hybridized carbons (Fsp3) is 0. The summed E-state index contributed by atoms with van der Waals surface area (Å²) >= 11 is 0. The SMILES string of the molecule is O=C(c1ccc(-c2ccncc2Oc2ccccc2)cc1)S(=O)(=O)c1ccc([N+](=O)[O-])cc1. The number of rotatable bonds is 6. The largest absolute Gasteiger partial charge is 0.455 e. The molecule has 0 spiro atoms. The summed E-state index contributed by atoms with van der Waals surface area (Å²) in [5, 5.41) is 9.67. The predicted molar refractivity (Wildman–Crippen MR) is 121 cm³/mol. The Bertz CT molecular complexity index is 1420. The first-order valence-corrected chi connectivity index (χ1v) is 11.2. The monoisotopic (exact) mass is 460 g/mol. The van der Waals surface area contributed by atoms with Crippen LogP contribution in [0.3, 0.4) is 0 Å². The van der Waals surface area contributed by atoms with Gasteiger partial charge in [-0.15, -0.1) is 0 Å². The van der Waals surface area contributed by atoms with Crippen molar-refractivity contribution in [2.24, 2.45) is 0 Å². The number of nitrogens with zero attached hydrogens (tertiary/aromatic N) is 2. The highest BCUT2D eigenvalue weighted by atomic mass is 32.2. The summed E-state index contributed by atoms with van der Waals surface area (Å²) in [7, 11) is -4.36. The molecule has 3 aromatic carbocycles. The van der Waals surface area contributed by atoms with Gasteiger partial charge in [0.25, 0.3) is 10.8 Å². The molecule has 0 saturated carbocycles. The zero-order valence-electron chi connectivity index (χ0n) is 17.0. The number of carbonyl (C=O) groups is 1. The first-order chi connectivity index (χ1) is 15.9. The molecular formula is C24H16N2O6S. The number of sulfone groups is 1. The average molecular weight is 460 g/mol. The summed E-state index contributed by atoms with van der Waals surface area (Å²) in [4.78, 5) is 26.6. The molecule has 0 aliphatic heterocycles. The lowest BCUT2D eigenvalue weighted by atomic mass is 10.0. The molecule has 0 aliphatic carbocycles. The van der Waals surface area contributed by atoms with E-state index in [1.165, 1.54) is 12.1 Å². The topological polar surface area (TPSA) is 116 Å². The highest BCUT2D eigenvalue weighted by Crippen LogP contribution is 2.33. The van der Waals surface area contributed by atoms with Crippen molar-refractivity contribution in [3.05, 3.63) is 113 Å². The molecule has 4 rings (SSSR count). The number of non-ortho nitro benzene ring substituents is 1. The second-order valence-electron chi connectivity index (χ2n) is 6.91. The molecule has 0 radical (unpaired) electrons. The quantitative estimate of drug-likeness (QED) is 0.291.